The summed E-state index contributed by atoms with van der Waals surface area (Å²) in [6, 6.07) is 0. The predicted molar refractivity (Wildman–Crippen MR) is 63.0 cm³/mol. The van der Waals surface area contributed by atoms with Crippen LogP contribution in [-0.4, -0.2) is 24.2 Å². The molecular formula is C12H25NO2. The summed E-state index contributed by atoms with van der Waals surface area (Å²) in [6.07, 6.45) is 3.20. The van der Waals surface area contributed by atoms with E-state index in [1.807, 2.05) is 0 Å². The molecule has 0 rings (SSSR count). The fraction of sp³-hybridized carbons (Fsp3) is 0.917. The highest BCUT2D eigenvalue weighted by molar-refractivity contribution is 5.66. The van der Waals surface area contributed by atoms with Crippen LogP contribution < -0.4 is 5.32 Å². The molecule has 90 valence electrons. The summed E-state index contributed by atoms with van der Waals surface area (Å²) in [5, 5.41) is 11.8. The maximum atomic E-state index is 10.2. The van der Waals surface area contributed by atoms with Gasteiger partial charge in [0.15, 0.2) is 0 Å². The van der Waals surface area contributed by atoms with Crippen LogP contribution in [0.1, 0.15) is 46.5 Å². The summed E-state index contributed by atoms with van der Waals surface area (Å²) >= 11 is 0. The average Bonchev–Trinajstić information content (AvgIpc) is 2.15. The first-order valence-electron chi connectivity index (χ1n) is 5.96. The van der Waals surface area contributed by atoms with Crippen LogP contribution in [0.25, 0.3) is 0 Å². The van der Waals surface area contributed by atoms with E-state index >= 15 is 0 Å². The molecule has 15 heavy (non-hydrogen) atoms. The number of hydrogen-bond donors (Lipinski definition) is 2. The van der Waals surface area contributed by atoms with E-state index in [4.69, 9.17) is 5.11 Å². The molecule has 3 heteroatoms. The largest absolute Gasteiger partial charge is 0.481 e. The van der Waals surface area contributed by atoms with Gasteiger partial charge in [0.05, 0.1) is 0 Å². The van der Waals surface area contributed by atoms with E-state index in [-0.39, 0.29) is 0 Å². The summed E-state index contributed by atoms with van der Waals surface area (Å²) in [7, 11) is 0. The van der Waals surface area contributed by atoms with Gasteiger partial charge in [0, 0.05) is 6.42 Å². The van der Waals surface area contributed by atoms with Gasteiger partial charge in [-0.2, -0.15) is 0 Å². The maximum absolute atomic E-state index is 10.2. The molecule has 0 saturated carbocycles. The molecular weight excluding hydrogens is 190 g/mol. The Morgan fingerprint density at radius 2 is 1.87 bits per heavy atom. The number of carboxylic acids is 1. The molecule has 0 aliphatic rings. The molecule has 0 saturated heterocycles. The highest BCUT2D eigenvalue weighted by Crippen LogP contribution is 2.07. The predicted octanol–water partition coefficient (Wildman–Crippen LogP) is 2.51. The molecule has 0 aromatic heterocycles. The van der Waals surface area contributed by atoms with Crippen molar-refractivity contribution in [3.05, 3.63) is 0 Å². The zero-order valence-corrected chi connectivity index (χ0v) is 10.3. The molecule has 0 fully saturated rings. The quantitative estimate of drug-likeness (QED) is 0.581. The number of rotatable bonds is 9. The van der Waals surface area contributed by atoms with Crippen LogP contribution in [0.2, 0.25) is 0 Å². The summed E-state index contributed by atoms with van der Waals surface area (Å²) in [5.41, 5.74) is 0. The molecule has 0 aromatic rings. The molecule has 0 spiro atoms. The molecule has 1 unspecified atom stereocenters. The molecule has 0 aromatic carbocycles. The van der Waals surface area contributed by atoms with Crippen molar-refractivity contribution in [3.8, 4) is 0 Å². The van der Waals surface area contributed by atoms with Crippen molar-refractivity contribution in [1.82, 2.24) is 5.32 Å². The van der Waals surface area contributed by atoms with Crippen LogP contribution in [0, 0.1) is 11.8 Å². The summed E-state index contributed by atoms with van der Waals surface area (Å²) in [4.78, 5) is 10.2. The second kappa shape index (κ2) is 8.72. The average molecular weight is 215 g/mol. The van der Waals surface area contributed by atoms with Crippen molar-refractivity contribution >= 4 is 5.97 Å². The number of hydrogen-bond acceptors (Lipinski definition) is 2. The molecule has 0 aliphatic carbocycles. The first-order chi connectivity index (χ1) is 7.04. The van der Waals surface area contributed by atoms with Gasteiger partial charge in [0.2, 0.25) is 0 Å². The highest BCUT2D eigenvalue weighted by Gasteiger charge is 2.05. The van der Waals surface area contributed by atoms with Gasteiger partial charge in [0.25, 0.3) is 0 Å². The molecule has 1 atom stereocenters. The van der Waals surface area contributed by atoms with E-state index in [1.165, 1.54) is 0 Å². The number of carboxylic acid groups (broad SMARTS) is 1. The van der Waals surface area contributed by atoms with Gasteiger partial charge in [-0.15, -0.1) is 0 Å². The van der Waals surface area contributed by atoms with Crippen LogP contribution in [-0.2, 0) is 4.79 Å². The normalized spacial score (nSPS) is 13.1. The topological polar surface area (TPSA) is 49.3 Å². The molecule has 0 radical (unpaired) electrons. The third-order valence-corrected chi connectivity index (χ3v) is 2.85. The van der Waals surface area contributed by atoms with E-state index in [2.05, 4.69) is 26.1 Å². The molecule has 0 aliphatic heterocycles. The van der Waals surface area contributed by atoms with Crippen molar-refractivity contribution in [2.45, 2.75) is 46.5 Å². The number of aliphatic carboxylic acids is 1. The lowest BCUT2D eigenvalue weighted by molar-refractivity contribution is -0.137. The molecule has 2 N–H and O–H groups in total. The van der Waals surface area contributed by atoms with Gasteiger partial charge in [0.1, 0.15) is 0 Å². The van der Waals surface area contributed by atoms with Gasteiger partial charge >= 0.3 is 5.97 Å². The van der Waals surface area contributed by atoms with E-state index in [9.17, 15) is 4.79 Å². The van der Waals surface area contributed by atoms with Gasteiger partial charge in [-0.3, -0.25) is 4.79 Å². The second-order valence-corrected chi connectivity index (χ2v) is 4.63. The molecule has 0 heterocycles. The molecule has 3 nitrogen and oxygen atoms in total. The fourth-order valence-electron chi connectivity index (χ4n) is 1.27. The second-order valence-electron chi connectivity index (χ2n) is 4.63. The Kier molecular flexibility index (Phi) is 8.38. The first-order valence-corrected chi connectivity index (χ1v) is 5.96. The Morgan fingerprint density at radius 3 is 2.40 bits per heavy atom. The first kappa shape index (κ1) is 14.4. The zero-order valence-electron chi connectivity index (χ0n) is 10.3. The van der Waals surface area contributed by atoms with Gasteiger partial charge in [-0.05, 0) is 37.8 Å². The Morgan fingerprint density at radius 1 is 1.20 bits per heavy atom. The minimum atomic E-state index is -0.684. The molecule has 0 bridgehead atoms. The zero-order chi connectivity index (χ0) is 11.7. The van der Waals surface area contributed by atoms with Crippen molar-refractivity contribution < 1.29 is 9.90 Å². The third kappa shape index (κ3) is 9.73. The summed E-state index contributed by atoms with van der Waals surface area (Å²) < 4.78 is 0. The highest BCUT2D eigenvalue weighted by atomic mass is 16.4. The summed E-state index contributed by atoms with van der Waals surface area (Å²) in [6.45, 7) is 8.80. The maximum Gasteiger partial charge on any atom is 0.303 e. The van der Waals surface area contributed by atoms with Gasteiger partial charge in [-0.25, -0.2) is 0 Å². The Bertz CT molecular complexity index is 169. The lowest BCUT2D eigenvalue weighted by Gasteiger charge is -2.15. The minimum absolute atomic E-state index is 0.308. The molecule has 0 amide bonds. The van der Waals surface area contributed by atoms with Crippen molar-refractivity contribution in [3.63, 3.8) is 0 Å². The van der Waals surface area contributed by atoms with Crippen molar-refractivity contribution in [2.75, 3.05) is 13.1 Å². The van der Waals surface area contributed by atoms with Gasteiger partial charge in [-0.1, -0.05) is 27.2 Å². The fourth-order valence-corrected chi connectivity index (χ4v) is 1.27. The van der Waals surface area contributed by atoms with Crippen LogP contribution in [0.15, 0.2) is 0 Å². The van der Waals surface area contributed by atoms with Crippen molar-refractivity contribution in [2.24, 2.45) is 11.8 Å². The summed E-state index contributed by atoms with van der Waals surface area (Å²) in [5.74, 6) is 0.755. The SMILES string of the molecule is CC(C)C(C)CNCCCCCC(=O)O. The van der Waals surface area contributed by atoms with E-state index in [0.29, 0.717) is 12.3 Å². The lowest BCUT2D eigenvalue weighted by atomic mass is 9.98. The number of unbranched alkanes of at least 4 members (excludes halogenated alkanes) is 2. The Balaban J connectivity index is 3.15. The van der Waals surface area contributed by atoms with Crippen LogP contribution in [0.3, 0.4) is 0 Å². The third-order valence-electron chi connectivity index (χ3n) is 2.85. The van der Waals surface area contributed by atoms with Crippen LogP contribution >= 0.6 is 0 Å². The monoisotopic (exact) mass is 215 g/mol. The van der Waals surface area contributed by atoms with Gasteiger partial charge < -0.3 is 10.4 Å². The van der Waals surface area contributed by atoms with Crippen LogP contribution in [0.5, 0.6) is 0 Å². The number of carbonyl (C=O) groups is 1. The minimum Gasteiger partial charge on any atom is -0.481 e. The van der Waals surface area contributed by atoms with E-state index in [1.54, 1.807) is 0 Å². The van der Waals surface area contributed by atoms with E-state index < -0.39 is 5.97 Å². The smallest absolute Gasteiger partial charge is 0.303 e. The lowest BCUT2D eigenvalue weighted by Crippen LogP contribution is -2.25. The Hall–Kier alpha value is -0.570. The van der Waals surface area contributed by atoms with E-state index in [0.717, 1.165) is 38.3 Å². The standard InChI is InChI=1S/C12H25NO2/c1-10(2)11(3)9-13-8-6-4-5-7-12(14)15/h10-11,13H,4-9H2,1-3H3,(H,14,15). The van der Waals surface area contributed by atoms with Crippen molar-refractivity contribution in [1.29, 1.82) is 0 Å². The van der Waals surface area contributed by atoms with Crippen LogP contribution in [0.4, 0.5) is 0 Å². The number of nitrogens with one attached hydrogen (secondary N) is 1. The Labute approximate surface area is 93.3 Å².